The molecular formula is C16H18O5. The molecule has 2 N–H and O–H groups in total. The summed E-state index contributed by atoms with van der Waals surface area (Å²) in [7, 11) is 0. The SMILES string of the molecule is OCCOc1ccc(Oc2ccc(OCCO)cc2)cc1. The number of aliphatic hydroxyl groups excluding tert-OH is 2. The van der Waals surface area contributed by atoms with E-state index in [0.29, 0.717) is 23.0 Å². The first-order valence-electron chi connectivity index (χ1n) is 6.67. The highest BCUT2D eigenvalue weighted by Gasteiger charge is 2.00. The molecule has 0 aromatic heterocycles. The van der Waals surface area contributed by atoms with Gasteiger partial charge < -0.3 is 24.4 Å². The molecule has 0 aliphatic heterocycles. The van der Waals surface area contributed by atoms with Crippen molar-refractivity contribution in [3.05, 3.63) is 48.5 Å². The monoisotopic (exact) mass is 290 g/mol. The van der Waals surface area contributed by atoms with Crippen LogP contribution in [0.4, 0.5) is 0 Å². The maximum Gasteiger partial charge on any atom is 0.127 e. The van der Waals surface area contributed by atoms with Crippen LogP contribution in [0.3, 0.4) is 0 Å². The third-order valence-electron chi connectivity index (χ3n) is 2.60. The highest BCUT2D eigenvalue weighted by atomic mass is 16.5. The Labute approximate surface area is 123 Å². The molecule has 0 radical (unpaired) electrons. The summed E-state index contributed by atoms with van der Waals surface area (Å²) in [5.41, 5.74) is 0. The lowest BCUT2D eigenvalue weighted by atomic mass is 10.3. The number of hydrogen-bond acceptors (Lipinski definition) is 5. The fraction of sp³-hybridized carbons (Fsp3) is 0.250. The smallest absolute Gasteiger partial charge is 0.127 e. The maximum atomic E-state index is 8.68. The first kappa shape index (κ1) is 15.2. The Morgan fingerprint density at radius 3 is 1.24 bits per heavy atom. The molecule has 0 aliphatic carbocycles. The Hall–Kier alpha value is -2.24. The molecule has 5 heteroatoms. The lowest BCUT2D eigenvalue weighted by Gasteiger charge is -2.09. The largest absolute Gasteiger partial charge is 0.491 e. The van der Waals surface area contributed by atoms with Gasteiger partial charge in [-0.2, -0.15) is 0 Å². The van der Waals surface area contributed by atoms with E-state index < -0.39 is 0 Å². The van der Waals surface area contributed by atoms with Crippen molar-refractivity contribution in [3.8, 4) is 23.0 Å². The molecule has 5 nitrogen and oxygen atoms in total. The van der Waals surface area contributed by atoms with E-state index in [1.54, 1.807) is 48.5 Å². The molecule has 2 rings (SSSR count). The Kier molecular flexibility index (Phi) is 5.87. The summed E-state index contributed by atoms with van der Waals surface area (Å²) in [6.07, 6.45) is 0. The van der Waals surface area contributed by atoms with Gasteiger partial charge in [-0.15, -0.1) is 0 Å². The molecule has 0 fully saturated rings. The van der Waals surface area contributed by atoms with E-state index in [0.717, 1.165) is 0 Å². The number of benzene rings is 2. The first-order valence-corrected chi connectivity index (χ1v) is 6.67. The van der Waals surface area contributed by atoms with E-state index in [9.17, 15) is 0 Å². The quantitative estimate of drug-likeness (QED) is 0.780. The van der Waals surface area contributed by atoms with Gasteiger partial charge in [0, 0.05) is 0 Å². The van der Waals surface area contributed by atoms with Crippen molar-refractivity contribution in [1.82, 2.24) is 0 Å². The molecule has 2 aromatic carbocycles. The van der Waals surface area contributed by atoms with Crippen LogP contribution in [0, 0.1) is 0 Å². The highest BCUT2D eigenvalue weighted by Crippen LogP contribution is 2.25. The van der Waals surface area contributed by atoms with E-state index in [1.165, 1.54) is 0 Å². The molecule has 0 unspecified atom stereocenters. The summed E-state index contributed by atoms with van der Waals surface area (Å²) in [4.78, 5) is 0. The molecule has 2 aromatic rings. The zero-order valence-corrected chi connectivity index (χ0v) is 11.6. The predicted molar refractivity (Wildman–Crippen MR) is 78.1 cm³/mol. The third-order valence-corrected chi connectivity index (χ3v) is 2.60. The van der Waals surface area contributed by atoms with Gasteiger partial charge >= 0.3 is 0 Å². The Morgan fingerprint density at radius 2 is 0.905 bits per heavy atom. The second-order valence-electron chi connectivity index (χ2n) is 4.19. The van der Waals surface area contributed by atoms with Crippen LogP contribution >= 0.6 is 0 Å². The van der Waals surface area contributed by atoms with Gasteiger partial charge in [-0.05, 0) is 48.5 Å². The van der Waals surface area contributed by atoms with Crippen LogP contribution in [0.5, 0.6) is 23.0 Å². The molecule has 0 heterocycles. The first-order chi connectivity index (χ1) is 10.3. The second kappa shape index (κ2) is 8.14. The van der Waals surface area contributed by atoms with Crippen molar-refractivity contribution in [2.24, 2.45) is 0 Å². The number of hydrogen-bond donors (Lipinski definition) is 2. The lowest BCUT2D eigenvalue weighted by Crippen LogP contribution is -2.01. The lowest BCUT2D eigenvalue weighted by molar-refractivity contribution is 0.201. The zero-order valence-electron chi connectivity index (χ0n) is 11.6. The predicted octanol–water partition coefficient (Wildman–Crippen LogP) is 2.22. The summed E-state index contributed by atoms with van der Waals surface area (Å²) in [5.74, 6) is 2.75. The molecule has 0 spiro atoms. The summed E-state index contributed by atoms with van der Waals surface area (Å²) in [5, 5.41) is 17.4. The molecule has 21 heavy (non-hydrogen) atoms. The minimum Gasteiger partial charge on any atom is -0.491 e. The minimum absolute atomic E-state index is 0.0110. The standard InChI is InChI=1S/C16H18O5/c17-9-11-19-13-1-5-15(6-2-13)21-16-7-3-14(4-8-16)20-12-10-18/h1-8,17-18H,9-12H2. The molecule has 0 saturated heterocycles. The van der Waals surface area contributed by atoms with Crippen LogP contribution in [0.2, 0.25) is 0 Å². The normalized spacial score (nSPS) is 10.2. The molecule has 0 aliphatic rings. The van der Waals surface area contributed by atoms with E-state index in [2.05, 4.69) is 0 Å². The van der Waals surface area contributed by atoms with Gasteiger partial charge in [-0.1, -0.05) is 0 Å². The van der Waals surface area contributed by atoms with Crippen molar-refractivity contribution >= 4 is 0 Å². The van der Waals surface area contributed by atoms with Crippen molar-refractivity contribution in [2.45, 2.75) is 0 Å². The third kappa shape index (κ3) is 4.98. The second-order valence-corrected chi connectivity index (χ2v) is 4.19. The summed E-state index contributed by atoms with van der Waals surface area (Å²) in [6.45, 7) is 0.525. The van der Waals surface area contributed by atoms with Crippen molar-refractivity contribution in [2.75, 3.05) is 26.4 Å². The van der Waals surface area contributed by atoms with Crippen LogP contribution in [-0.2, 0) is 0 Å². The Bertz CT molecular complexity index is 472. The fourth-order valence-corrected chi connectivity index (χ4v) is 1.67. The molecule has 0 atom stereocenters. The van der Waals surface area contributed by atoms with Gasteiger partial charge in [-0.3, -0.25) is 0 Å². The molecule has 0 bridgehead atoms. The molecular weight excluding hydrogens is 272 g/mol. The van der Waals surface area contributed by atoms with E-state index in [-0.39, 0.29) is 26.4 Å². The highest BCUT2D eigenvalue weighted by molar-refractivity contribution is 5.37. The van der Waals surface area contributed by atoms with Gasteiger partial charge in [-0.25, -0.2) is 0 Å². The van der Waals surface area contributed by atoms with Crippen molar-refractivity contribution < 1.29 is 24.4 Å². The van der Waals surface area contributed by atoms with Crippen LogP contribution in [-0.4, -0.2) is 36.6 Å². The molecule has 0 saturated carbocycles. The molecule has 112 valence electrons. The summed E-state index contributed by atoms with van der Waals surface area (Å²) in [6, 6.07) is 14.3. The van der Waals surface area contributed by atoms with Crippen LogP contribution in [0.25, 0.3) is 0 Å². The van der Waals surface area contributed by atoms with Crippen LogP contribution in [0.15, 0.2) is 48.5 Å². The number of ether oxygens (including phenoxy) is 3. The van der Waals surface area contributed by atoms with Crippen molar-refractivity contribution in [1.29, 1.82) is 0 Å². The minimum atomic E-state index is -0.0110. The zero-order chi connectivity index (χ0) is 14.9. The summed E-state index contributed by atoms with van der Waals surface area (Å²) >= 11 is 0. The van der Waals surface area contributed by atoms with Crippen LogP contribution < -0.4 is 14.2 Å². The average Bonchev–Trinajstić information content (AvgIpc) is 2.53. The fourth-order valence-electron chi connectivity index (χ4n) is 1.67. The maximum absolute atomic E-state index is 8.68. The molecule has 0 amide bonds. The Morgan fingerprint density at radius 1 is 0.571 bits per heavy atom. The van der Waals surface area contributed by atoms with E-state index in [4.69, 9.17) is 24.4 Å². The van der Waals surface area contributed by atoms with E-state index in [1.807, 2.05) is 0 Å². The number of rotatable bonds is 8. The van der Waals surface area contributed by atoms with Crippen LogP contribution in [0.1, 0.15) is 0 Å². The van der Waals surface area contributed by atoms with Gasteiger partial charge in [0.2, 0.25) is 0 Å². The topological polar surface area (TPSA) is 68.2 Å². The van der Waals surface area contributed by atoms with Crippen molar-refractivity contribution in [3.63, 3.8) is 0 Å². The van der Waals surface area contributed by atoms with Gasteiger partial charge in [0.1, 0.15) is 36.2 Å². The van der Waals surface area contributed by atoms with E-state index >= 15 is 0 Å². The van der Waals surface area contributed by atoms with Gasteiger partial charge in [0.15, 0.2) is 0 Å². The number of aliphatic hydroxyl groups is 2. The Balaban J connectivity index is 1.91. The summed E-state index contributed by atoms with van der Waals surface area (Å²) < 4.78 is 16.2. The van der Waals surface area contributed by atoms with Gasteiger partial charge in [0.05, 0.1) is 13.2 Å². The average molecular weight is 290 g/mol. The van der Waals surface area contributed by atoms with Gasteiger partial charge in [0.25, 0.3) is 0 Å².